The normalized spacial score (nSPS) is 15.6. The maximum atomic E-state index is 4.48. The van der Waals surface area contributed by atoms with Crippen molar-refractivity contribution in [2.45, 2.75) is 25.3 Å². The SMILES string of the molecule is CNCc1c(-c2cccs2)n[nH]c1C1CC1. The van der Waals surface area contributed by atoms with Crippen molar-refractivity contribution in [2.24, 2.45) is 0 Å². The third-order valence-corrected chi connectivity index (χ3v) is 3.87. The summed E-state index contributed by atoms with van der Waals surface area (Å²) >= 11 is 1.75. The van der Waals surface area contributed by atoms with Crippen molar-refractivity contribution in [3.8, 4) is 10.6 Å². The highest BCUT2D eigenvalue weighted by atomic mass is 32.1. The third-order valence-electron chi connectivity index (χ3n) is 2.99. The number of nitrogens with zero attached hydrogens (tertiary/aromatic N) is 1. The van der Waals surface area contributed by atoms with Gasteiger partial charge in [0.05, 0.1) is 4.88 Å². The molecule has 3 nitrogen and oxygen atoms in total. The lowest BCUT2D eigenvalue weighted by Crippen LogP contribution is -2.07. The lowest BCUT2D eigenvalue weighted by molar-refractivity contribution is 0.804. The van der Waals surface area contributed by atoms with Crippen LogP contribution in [0, 0.1) is 0 Å². The molecular formula is C12H15N3S. The smallest absolute Gasteiger partial charge is 0.107 e. The van der Waals surface area contributed by atoms with Crippen LogP contribution in [-0.2, 0) is 6.54 Å². The van der Waals surface area contributed by atoms with Gasteiger partial charge in [-0.25, -0.2) is 0 Å². The van der Waals surface area contributed by atoms with Gasteiger partial charge in [-0.1, -0.05) is 6.07 Å². The van der Waals surface area contributed by atoms with E-state index in [1.54, 1.807) is 11.3 Å². The highest BCUT2D eigenvalue weighted by molar-refractivity contribution is 7.13. The summed E-state index contributed by atoms with van der Waals surface area (Å²) in [5.74, 6) is 0.726. The van der Waals surface area contributed by atoms with Crippen LogP contribution in [0.2, 0.25) is 0 Å². The Balaban J connectivity index is 2.03. The first-order chi connectivity index (χ1) is 7.90. The Bertz CT molecular complexity index is 468. The maximum absolute atomic E-state index is 4.48. The first kappa shape index (κ1) is 10.1. The standard InChI is InChI=1S/C12H15N3S/c1-13-7-9-11(8-4-5-8)14-15-12(9)10-3-2-6-16-10/h2-3,6,8,13H,4-5,7H2,1H3,(H,14,15). The van der Waals surface area contributed by atoms with Crippen molar-refractivity contribution in [1.82, 2.24) is 15.5 Å². The van der Waals surface area contributed by atoms with Crippen LogP contribution in [0.25, 0.3) is 10.6 Å². The van der Waals surface area contributed by atoms with Gasteiger partial charge in [0.2, 0.25) is 0 Å². The van der Waals surface area contributed by atoms with Crippen molar-refractivity contribution < 1.29 is 0 Å². The van der Waals surface area contributed by atoms with Gasteiger partial charge in [-0.15, -0.1) is 11.3 Å². The first-order valence-electron chi connectivity index (χ1n) is 5.65. The molecule has 1 aliphatic rings. The first-order valence-corrected chi connectivity index (χ1v) is 6.53. The molecule has 0 saturated heterocycles. The van der Waals surface area contributed by atoms with Crippen LogP contribution < -0.4 is 5.32 Å². The number of aromatic nitrogens is 2. The van der Waals surface area contributed by atoms with E-state index in [4.69, 9.17) is 0 Å². The molecule has 84 valence electrons. The minimum absolute atomic E-state index is 0.726. The number of H-pyrrole nitrogens is 1. The molecular weight excluding hydrogens is 218 g/mol. The monoisotopic (exact) mass is 233 g/mol. The Kier molecular flexibility index (Phi) is 2.53. The van der Waals surface area contributed by atoms with Crippen LogP contribution in [0.1, 0.15) is 30.0 Å². The molecule has 0 bridgehead atoms. The Morgan fingerprint density at radius 3 is 3.06 bits per heavy atom. The lowest BCUT2D eigenvalue weighted by atomic mass is 10.1. The molecule has 0 radical (unpaired) electrons. The molecule has 1 saturated carbocycles. The third kappa shape index (κ3) is 1.68. The fourth-order valence-corrected chi connectivity index (χ4v) is 2.80. The average Bonchev–Trinajstić information content (AvgIpc) is 2.84. The minimum atomic E-state index is 0.726. The van der Waals surface area contributed by atoms with E-state index in [-0.39, 0.29) is 0 Å². The molecule has 0 aliphatic heterocycles. The van der Waals surface area contributed by atoms with Gasteiger partial charge in [0.15, 0.2) is 0 Å². The van der Waals surface area contributed by atoms with Crippen LogP contribution in [0.15, 0.2) is 17.5 Å². The predicted octanol–water partition coefficient (Wildman–Crippen LogP) is 2.74. The van der Waals surface area contributed by atoms with E-state index in [9.17, 15) is 0 Å². The number of thiophene rings is 1. The van der Waals surface area contributed by atoms with Crippen LogP contribution in [0.5, 0.6) is 0 Å². The van der Waals surface area contributed by atoms with Crippen molar-refractivity contribution in [3.05, 3.63) is 28.8 Å². The van der Waals surface area contributed by atoms with E-state index in [1.165, 1.54) is 29.0 Å². The zero-order valence-corrected chi connectivity index (χ0v) is 10.1. The molecule has 2 aromatic heterocycles. The van der Waals surface area contributed by atoms with Crippen molar-refractivity contribution >= 4 is 11.3 Å². The molecule has 2 N–H and O–H groups in total. The molecule has 3 rings (SSSR count). The van der Waals surface area contributed by atoms with Gasteiger partial charge in [-0.05, 0) is 31.3 Å². The van der Waals surface area contributed by atoms with Crippen LogP contribution in [-0.4, -0.2) is 17.2 Å². The van der Waals surface area contributed by atoms with Crippen molar-refractivity contribution in [3.63, 3.8) is 0 Å². The average molecular weight is 233 g/mol. The van der Waals surface area contributed by atoms with E-state index in [2.05, 4.69) is 33.0 Å². The summed E-state index contributed by atoms with van der Waals surface area (Å²) in [7, 11) is 1.99. The second kappa shape index (κ2) is 4.03. The highest BCUT2D eigenvalue weighted by Crippen LogP contribution is 2.43. The van der Waals surface area contributed by atoms with Gasteiger partial charge in [0, 0.05) is 23.7 Å². The Morgan fingerprint density at radius 2 is 2.44 bits per heavy atom. The summed E-state index contributed by atoms with van der Waals surface area (Å²) in [6.45, 7) is 0.898. The Hall–Kier alpha value is -1.13. The lowest BCUT2D eigenvalue weighted by Gasteiger charge is -2.02. The largest absolute Gasteiger partial charge is 0.316 e. The van der Waals surface area contributed by atoms with E-state index >= 15 is 0 Å². The molecule has 0 atom stereocenters. The molecule has 1 fully saturated rings. The fourth-order valence-electron chi connectivity index (χ4n) is 2.06. The molecule has 16 heavy (non-hydrogen) atoms. The zero-order chi connectivity index (χ0) is 11.0. The number of hydrogen-bond acceptors (Lipinski definition) is 3. The molecule has 0 aromatic carbocycles. The second-order valence-corrected chi connectivity index (χ2v) is 5.19. The van der Waals surface area contributed by atoms with Gasteiger partial charge in [0.25, 0.3) is 0 Å². The number of hydrogen-bond donors (Lipinski definition) is 2. The highest BCUT2D eigenvalue weighted by Gasteiger charge is 2.29. The summed E-state index contributed by atoms with van der Waals surface area (Å²) in [6, 6.07) is 4.21. The maximum Gasteiger partial charge on any atom is 0.107 e. The van der Waals surface area contributed by atoms with E-state index in [1.807, 2.05) is 7.05 Å². The zero-order valence-electron chi connectivity index (χ0n) is 9.29. The molecule has 1 aliphatic carbocycles. The molecule has 0 amide bonds. The number of aromatic amines is 1. The summed E-state index contributed by atoms with van der Waals surface area (Å²) < 4.78 is 0. The number of nitrogens with one attached hydrogen (secondary N) is 2. The van der Waals surface area contributed by atoms with Crippen LogP contribution >= 0.6 is 11.3 Å². The van der Waals surface area contributed by atoms with Gasteiger partial charge in [-0.2, -0.15) is 5.10 Å². The van der Waals surface area contributed by atoms with Crippen LogP contribution in [0.4, 0.5) is 0 Å². The molecule has 2 aromatic rings. The summed E-state index contributed by atoms with van der Waals surface area (Å²) in [4.78, 5) is 1.26. The van der Waals surface area contributed by atoms with Gasteiger partial charge in [-0.3, -0.25) is 5.10 Å². The van der Waals surface area contributed by atoms with E-state index in [0.29, 0.717) is 0 Å². The Morgan fingerprint density at radius 1 is 1.56 bits per heavy atom. The van der Waals surface area contributed by atoms with Crippen LogP contribution in [0.3, 0.4) is 0 Å². The van der Waals surface area contributed by atoms with E-state index < -0.39 is 0 Å². The van der Waals surface area contributed by atoms with Gasteiger partial charge >= 0.3 is 0 Å². The quantitative estimate of drug-likeness (QED) is 0.852. The summed E-state index contributed by atoms with van der Waals surface area (Å²) in [6.07, 6.45) is 2.62. The van der Waals surface area contributed by atoms with E-state index in [0.717, 1.165) is 18.2 Å². The topological polar surface area (TPSA) is 40.7 Å². The minimum Gasteiger partial charge on any atom is -0.316 e. The molecule has 2 heterocycles. The predicted molar refractivity (Wildman–Crippen MR) is 66.6 cm³/mol. The summed E-state index contributed by atoms with van der Waals surface area (Å²) in [5.41, 5.74) is 3.83. The summed E-state index contributed by atoms with van der Waals surface area (Å²) in [5, 5.41) is 13.1. The molecule has 4 heteroatoms. The van der Waals surface area contributed by atoms with Gasteiger partial charge in [0.1, 0.15) is 5.69 Å². The molecule has 0 spiro atoms. The van der Waals surface area contributed by atoms with Crippen molar-refractivity contribution in [2.75, 3.05) is 7.05 Å². The molecule has 0 unspecified atom stereocenters. The Labute approximate surface area is 98.9 Å². The second-order valence-electron chi connectivity index (χ2n) is 4.25. The van der Waals surface area contributed by atoms with Gasteiger partial charge < -0.3 is 5.32 Å². The number of rotatable bonds is 4. The van der Waals surface area contributed by atoms with Crippen molar-refractivity contribution in [1.29, 1.82) is 0 Å². The fraction of sp³-hybridized carbons (Fsp3) is 0.417.